The molecule has 0 bridgehead atoms. The molecule has 0 spiro atoms. The first-order valence-electron chi connectivity index (χ1n) is 8.98. The third-order valence-corrected chi connectivity index (χ3v) is 4.52. The Morgan fingerprint density at radius 2 is 2.26 bits per heavy atom. The van der Waals surface area contributed by atoms with Gasteiger partial charge in [0.15, 0.2) is 5.82 Å². The fourth-order valence-electron chi connectivity index (χ4n) is 3.13. The number of fused-ring (bicyclic) bond motifs is 1. The topological polar surface area (TPSA) is 115 Å². The van der Waals surface area contributed by atoms with Gasteiger partial charge in [-0.15, -0.1) is 5.10 Å². The van der Waals surface area contributed by atoms with Crippen molar-refractivity contribution in [2.45, 2.75) is 38.3 Å². The summed E-state index contributed by atoms with van der Waals surface area (Å²) >= 11 is 0. The Morgan fingerprint density at radius 3 is 3.11 bits per heavy atom. The highest BCUT2D eigenvalue weighted by Gasteiger charge is 2.21. The maximum absolute atomic E-state index is 12.4. The largest absolute Gasteiger partial charge is 0.370 e. The zero-order chi connectivity index (χ0) is 18.6. The van der Waals surface area contributed by atoms with E-state index in [9.17, 15) is 9.59 Å². The lowest BCUT2D eigenvalue weighted by atomic mass is 10.2. The molecule has 1 aliphatic heterocycles. The zero-order valence-corrected chi connectivity index (χ0v) is 14.7. The summed E-state index contributed by atoms with van der Waals surface area (Å²) in [7, 11) is 0. The number of carbonyl (C=O) groups excluding carboxylic acids is 1. The van der Waals surface area contributed by atoms with Crippen molar-refractivity contribution in [1.82, 2.24) is 24.7 Å². The average molecular weight is 368 g/mol. The van der Waals surface area contributed by atoms with Crippen LogP contribution in [0.3, 0.4) is 0 Å². The Kier molecular flexibility index (Phi) is 4.93. The van der Waals surface area contributed by atoms with Gasteiger partial charge >= 0.3 is 0 Å². The molecular weight excluding hydrogens is 348 g/mol. The van der Waals surface area contributed by atoms with Crippen LogP contribution in [0.25, 0.3) is 10.9 Å². The molecule has 1 amide bonds. The minimum absolute atomic E-state index is 0.0737. The van der Waals surface area contributed by atoms with Crippen LogP contribution in [0.15, 0.2) is 35.4 Å². The number of carbonyl (C=O) groups is 1. The standard InChI is InChI=1S/C18H20N6O3/c25-15(20-18-21-16(22-23-18)14-7-4-10-27-14)8-3-9-24-11-19-13-6-2-1-5-12(13)17(24)26/h1-2,5-6,11,14H,3-4,7-10H2,(H2,20,21,22,23,25)/t14-/m1/s1. The van der Waals surface area contributed by atoms with E-state index in [-0.39, 0.29) is 29.9 Å². The molecule has 1 saturated heterocycles. The number of para-hydroxylation sites is 1. The van der Waals surface area contributed by atoms with Crippen molar-refractivity contribution < 1.29 is 9.53 Å². The number of H-pyrrole nitrogens is 1. The fourth-order valence-corrected chi connectivity index (χ4v) is 3.13. The Morgan fingerprint density at radius 1 is 1.37 bits per heavy atom. The Balaban J connectivity index is 1.31. The molecule has 4 rings (SSSR count). The van der Waals surface area contributed by atoms with Gasteiger partial charge in [0.25, 0.3) is 5.56 Å². The van der Waals surface area contributed by atoms with E-state index in [0.717, 1.165) is 19.4 Å². The van der Waals surface area contributed by atoms with Gasteiger partial charge in [0.2, 0.25) is 11.9 Å². The van der Waals surface area contributed by atoms with Gasteiger partial charge in [-0.1, -0.05) is 12.1 Å². The SMILES string of the molecule is O=C(CCCn1cnc2ccccc2c1=O)Nc1n[nH]c([C@H]2CCCO2)n1. The number of amides is 1. The number of nitrogens with one attached hydrogen (secondary N) is 2. The number of rotatable bonds is 6. The van der Waals surface area contributed by atoms with E-state index in [1.54, 1.807) is 12.1 Å². The highest BCUT2D eigenvalue weighted by atomic mass is 16.5. The number of ether oxygens (including phenoxy) is 1. The molecule has 1 aromatic carbocycles. The highest BCUT2D eigenvalue weighted by molar-refractivity contribution is 5.88. The van der Waals surface area contributed by atoms with Crippen molar-refractivity contribution >= 4 is 22.8 Å². The molecule has 9 heteroatoms. The molecule has 9 nitrogen and oxygen atoms in total. The molecule has 2 aromatic heterocycles. The van der Waals surface area contributed by atoms with Crippen LogP contribution >= 0.6 is 0 Å². The van der Waals surface area contributed by atoms with Crippen LogP contribution in [0.2, 0.25) is 0 Å². The first-order valence-corrected chi connectivity index (χ1v) is 8.98. The number of aromatic amines is 1. The Labute approximate surface area is 154 Å². The number of nitrogens with zero attached hydrogens (tertiary/aromatic N) is 4. The monoisotopic (exact) mass is 368 g/mol. The number of aromatic nitrogens is 5. The van der Waals surface area contributed by atoms with Gasteiger partial charge in [-0.3, -0.25) is 24.6 Å². The molecule has 1 aliphatic rings. The van der Waals surface area contributed by atoms with Crippen LogP contribution in [0.5, 0.6) is 0 Å². The van der Waals surface area contributed by atoms with Gasteiger partial charge in [-0.05, 0) is 31.4 Å². The van der Waals surface area contributed by atoms with Gasteiger partial charge in [0.05, 0.1) is 17.2 Å². The number of aryl methyl sites for hydroxylation is 1. The van der Waals surface area contributed by atoms with E-state index in [1.807, 2.05) is 12.1 Å². The van der Waals surface area contributed by atoms with Crippen molar-refractivity contribution in [3.05, 3.63) is 46.8 Å². The second-order valence-electron chi connectivity index (χ2n) is 6.46. The van der Waals surface area contributed by atoms with Gasteiger partial charge in [-0.25, -0.2) is 4.98 Å². The normalized spacial score (nSPS) is 16.7. The minimum Gasteiger partial charge on any atom is -0.370 e. The lowest BCUT2D eigenvalue weighted by Gasteiger charge is -2.06. The molecule has 3 aromatic rings. The molecule has 0 aliphatic carbocycles. The number of anilines is 1. The smallest absolute Gasteiger partial charge is 0.261 e. The summed E-state index contributed by atoms with van der Waals surface area (Å²) in [5, 5.41) is 10.0. The van der Waals surface area contributed by atoms with Crippen LogP contribution in [0.1, 0.15) is 37.6 Å². The van der Waals surface area contributed by atoms with Crippen molar-refractivity contribution in [3.8, 4) is 0 Å². The van der Waals surface area contributed by atoms with Crippen LogP contribution in [0.4, 0.5) is 5.95 Å². The Bertz CT molecular complexity index is 1010. The summed E-state index contributed by atoms with van der Waals surface area (Å²) in [6, 6.07) is 7.21. The average Bonchev–Trinajstić information content (AvgIpc) is 3.35. The maximum atomic E-state index is 12.4. The maximum Gasteiger partial charge on any atom is 0.261 e. The van der Waals surface area contributed by atoms with Gasteiger partial charge in [-0.2, -0.15) is 4.98 Å². The molecule has 3 heterocycles. The van der Waals surface area contributed by atoms with Gasteiger partial charge < -0.3 is 4.74 Å². The van der Waals surface area contributed by atoms with Gasteiger partial charge in [0, 0.05) is 19.6 Å². The second kappa shape index (κ2) is 7.67. The Hall–Kier alpha value is -3.07. The summed E-state index contributed by atoms with van der Waals surface area (Å²) < 4.78 is 7.05. The summed E-state index contributed by atoms with van der Waals surface area (Å²) in [5.41, 5.74) is 0.569. The third-order valence-electron chi connectivity index (χ3n) is 4.52. The summed E-state index contributed by atoms with van der Waals surface area (Å²) in [6.07, 6.45) is 4.10. The van der Waals surface area contributed by atoms with E-state index in [4.69, 9.17) is 4.74 Å². The number of hydrogen-bond acceptors (Lipinski definition) is 6. The number of hydrogen-bond donors (Lipinski definition) is 2. The number of benzene rings is 1. The van der Waals surface area contributed by atoms with Crippen LogP contribution in [-0.2, 0) is 16.1 Å². The van der Waals surface area contributed by atoms with Crippen LogP contribution < -0.4 is 10.9 Å². The first-order chi connectivity index (χ1) is 13.2. The third kappa shape index (κ3) is 3.87. The highest BCUT2D eigenvalue weighted by Crippen LogP contribution is 2.26. The van der Waals surface area contributed by atoms with Crippen molar-refractivity contribution in [3.63, 3.8) is 0 Å². The molecular formula is C18H20N6O3. The molecule has 0 saturated carbocycles. The molecule has 1 atom stereocenters. The summed E-state index contributed by atoms with van der Waals surface area (Å²) in [5.74, 6) is 0.682. The van der Waals surface area contributed by atoms with Gasteiger partial charge in [0.1, 0.15) is 6.10 Å². The van der Waals surface area contributed by atoms with Crippen LogP contribution in [-0.4, -0.2) is 37.2 Å². The van der Waals surface area contributed by atoms with Crippen molar-refractivity contribution in [2.24, 2.45) is 0 Å². The van der Waals surface area contributed by atoms with E-state index >= 15 is 0 Å². The summed E-state index contributed by atoms with van der Waals surface area (Å²) in [6.45, 7) is 1.13. The van der Waals surface area contributed by atoms with Crippen molar-refractivity contribution in [2.75, 3.05) is 11.9 Å². The predicted octanol–water partition coefficient (Wildman–Crippen LogP) is 1.78. The molecule has 27 heavy (non-hydrogen) atoms. The fraction of sp³-hybridized carbons (Fsp3) is 0.389. The van der Waals surface area contributed by atoms with E-state index in [1.165, 1.54) is 10.9 Å². The zero-order valence-electron chi connectivity index (χ0n) is 14.7. The quantitative estimate of drug-likeness (QED) is 0.685. The molecule has 0 unspecified atom stereocenters. The lowest BCUT2D eigenvalue weighted by molar-refractivity contribution is -0.116. The van der Waals surface area contributed by atoms with E-state index in [0.29, 0.717) is 29.7 Å². The van der Waals surface area contributed by atoms with Crippen molar-refractivity contribution in [1.29, 1.82) is 0 Å². The van der Waals surface area contributed by atoms with E-state index < -0.39 is 0 Å². The minimum atomic E-state index is -0.199. The van der Waals surface area contributed by atoms with Crippen LogP contribution in [0, 0.1) is 0 Å². The molecule has 2 N–H and O–H groups in total. The predicted molar refractivity (Wildman–Crippen MR) is 98.2 cm³/mol. The molecule has 140 valence electrons. The van der Waals surface area contributed by atoms with E-state index in [2.05, 4.69) is 25.5 Å². The summed E-state index contributed by atoms with van der Waals surface area (Å²) in [4.78, 5) is 33.0. The lowest BCUT2D eigenvalue weighted by Crippen LogP contribution is -2.21. The first kappa shape index (κ1) is 17.3. The molecule has 1 fully saturated rings. The second-order valence-corrected chi connectivity index (χ2v) is 6.46. The molecule has 0 radical (unpaired) electrons.